The summed E-state index contributed by atoms with van der Waals surface area (Å²) in [5.41, 5.74) is 2.80. The van der Waals surface area contributed by atoms with Crippen LogP contribution in [0.1, 0.15) is 31.0 Å². The van der Waals surface area contributed by atoms with E-state index in [1.54, 1.807) is 23.5 Å². The van der Waals surface area contributed by atoms with Crippen LogP contribution in [0.4, 0.5) is 0 Å². The lowest BCUT2D eigenvalue weighted by Crippen LogP contribution is -2.45. The zero-order chi connectivity index (χ0) is 18.9. The number of nitrogens with one attached hydrogen (secondary N) is 2. The normalized spacial score (nSPS) is 22.4. The Labute approximate surface area is 166 Å². The van der Waals surface area contributed by atoms with E-state index in [1.165, 1.54) is 0 Å². The molecule has 0 saturated carbocycles. The second-order valence-electron chi connectivity index (χ2n) is 7.16. The molecule has 2 unspecified atom stereocenters. The molecule has 7 nitrogen and oxygen atoms in total. The third kappa shape index (κ3) is 3.29. The number of fused-ring (bicyclic) bond motifs is 1. The van der Waals surface area contributed by atoms with E-state index in [1.807, 2.05) is 29.9 Å². The number of hydrogen-bond donors (Lipinski definition) is 3. The Morgan fingerprint density at radius 1 is 1.32 bits per heavy atom. The maximum Gasteiger partial charge on any atom is 0.218 e. The maximum atomic E-state index is 9.93. The van der Waals surface area contributed by atoms with E-state index in [4.69, 9.17) is 9.98 Å². The molecule has 4 heterocycles. The number of aromatic nitrogens is 2. The lowest BCUT2D eigenvalue weighted by atomic mass is 10.0. The summed E-state index contributed by atoms with van der Waals surface area (Å²) >= 11 is 1.60. The molecular weight excluding hydrogens is 372 g/mol. The van der Waals surface area contributed by atoms with Gasteiger partial charge < -0.3 is 15.7 Å². The standard InChI is InChI=1S/C20H22N6OS/c27-15-5-1-3-13(11-15)17-18(26-9-10-28-20(26)25-17)16-6-8-22-19(24-16)23-14-4-2-7-21-12-14/h1,3,5,8-11,14,16,21,27H,2,4,6-7,12H2,(H,23,24). The lowest BCUT2D eigenvalue weighted by Gasteiger charge is -2.26. The number of phenols is 1. The summed E-state index contributed by atoms with van der Waals surface area (Å²) in [5.74, 6) is 0.928. The Hall–Kier alpha value is -2.71. The first-order chi connectivity index (χ1) is 13.8. The van der Waals surface area contributed by atoms with Crippen LogP contribution in [0.25, 0.3) is 16.2 Å². The van der Waals surface area contributed by atoms with Crippen LogP contribution in [0, 0.1) is 0 Å². The van der Waals surface area contributed by atoms with E-state index in [2.05, 4.69) is 20.0 Å². The molecule has 3 aromatic rings. The topological polar surface area (TPSA) is 86.3 Å². The van der Waals surface area contributed by atoms with Crippen molar-refractivity contribution in [1.29, 1.82) is 0 Å². The van der Waals surface area contributed by atoms with Crippen molar-refractivity contribution in [3.63, 3.8) is 0 Å². The van der Waals surface area contributed by atoms with Gasteiger partial charge in [0.05, 0.1) is 11.4 Å². The second-order valence-corrected chi connectivity index (χ2v) is 8.03. The van der Waals surface area contributed by atoms with E-state index in [0.29, 0.717) is 12.0 Å². The predicted molar refractivity (Wildman–Crippen MR) is 112 cm³/mol. The van der Waals surface area contributed by atoms with Crippen LogP contribution >= 0.6 is 11.3 Å². The van der Waals surface area contributed by atoms with Crippen LogP contribution in [-0.2, 0) is 0 Å². The van der Waals surface area contributed by atoms with Crippen LogP contribution in [0.3, 0.4) is 0 Å². The highest BCUT2D eigenvalue weighted by Gasteiger charge is 2.25. The van der Waals surface area contributed by atoms with Crippen molar-refractivity contribution in [2.24, 2.45) is 9.98 Å². The molecule has 1 fully saturated rings. The summed E-state index contributed by atoms with van der Waals surface area (Å²) in [6, 6.07) is 7.54. The van der Waals surface area contributed by atoms with Gasteiger partial charge in [-0.3, -0.25) is 4.40 Å². The fraction of sp³-hybridized carbons (Fsp3) is 0.350. The number of aliphatic imine (C=N–C) groups is 2. The number of aromatic hydroxyl groups is 1. The first-order valence-electron chi connectivity index (χ1n) is 9.60. The molecule has 3 N–H and O–H groups in total. The molecule has 2 aliphatic rings. The number of hydrogen-bond acceptors (Lipinski definition) is 7. The van der Waals surface area contributed by atoms with Crippen molar-refractivity contribution in [2.75, 3.05) is 13.1 Å². The van der Waals surface area contributed by atoms with Gasteiger partial charge in [0.1, 0.15) is 11.8 Å². The molecule has 0 aliphatic carbocycles. The predicted octanol–water partition coefficient (Wildman–Crippen LogP) is 2.98. The van der Waals surface area contributed by atoms with Crippen molar-refractivity contribution < 1.29 is 5.11 Å². The van der Waals surface area contributed by atoms with Gasteiger partial charge in [-0.25, -0.2) is 15.0 Å². The summed E-state index contributed by atoms with van der Waals surface area (Å²) in [5, 5.41) is 18.9. The average Bonchev–Trinajstić information content (AvgIpc) is 3.30. The Kier molecular flexibility index (Phi) is 4.58. The maximum absolute atomic E-state index is 9.93. The van der Waals surface area contributed by atoms with Crippen LogP contribution in [0.2, 0.25) is 0 Å². The number of thiazole rings is 1. The van der Waals surface area contributed by atoms with E-state index < -0.39 is 0 Å². The molecule has 5 rings (SSSR count). The number of benzene rings is 1. The lowest BCUT2D eigenvalue weighted by molar-refractivity contribution is 0.429. The molecule has 0 radical (unpaired) electrons. The molecule has 28 heavy (non-hydrogen) atoms. The number of phenolic OH excluding ortho intramolecular Hbond substituents is 1. The first-order valence-corrected chi connectivity index (χ1v) is 10.5. The van der Waals surface area contributed by atoms with Gasteiger partial charge in [0, 0.05) is 42.4 Å². The summed E-state index contributed by atoms with van der Waals surface area (Å²) in [4.78, 5) is 15.2. The number of nitrogens with zero attached hydrogens (tertiary/aromatic N) is 4. The number of rotatable bonds is 3. The van der Waals surface area contributed by atoms with Crippen molar-refractivity contribution in [3.05, 3.63) is 41.5 Å². The molecule has 1 aromatic carbocycles. The van der Waals surface area contributed by atoms with Crippen molar-refractivity contribution in [2.45, 2.75) is 31.3 Å². The Bertz CT molecular complexity index is 1050. The number of guanidine groups is 1. The fourth-order valence-electron chi connectivity index (χ4n) is 3.86. The zero-order valence-electron chi connectivity index (χ0n) is 15.4. The fourth-order valence-corrected chi connectivity index (χ4v) is 4.59. The van der Waals surface area contributed by atoms with E-state index in [-0.39, 0.29) is 11.8 Å². The smallest absolute Gasteiger partial charge is 0.218 e. The molecule has 0 spiro atoms. The van der Waals surface area contributed by atoms with Gasteiger partial charge in [0.15, 0.2) is 4.96 Å². The highest BCUT2D eigenvalue weighted by Crippen LogP contribution is 2.35. The van der Waals surface area contributed by atoms with Gasteiger partial charge >= 0.3 is 0 Å². The Morgan fingerprint density at radius 2 is 2.29 bits per heavy atom. The van der Waals surface area contributed by atoms with E-state index in [0.717, 1.165) is 54.3 Å². The van der Waals surface area contributed by atoms with Gasteiger partial charge in [-0.2, -0.15) is 0 Å². The van der Waals surface area contributed by atoms with Gasteiger partial charge in [-0.15, -0.1) is 11.3 Å². The number of imidazole rings is 1. The summed E-state index contributed by atoms with van der Waals surface area (Å²) < 4.78 is 2.11. The minimum absolute atomic E-state index is 0.0708. The third-order valence-corrected chi connectivity index (χ3v) is 5.94. The monoisotopic (exact) mass is 394 g/mol. The zero-order valence-corrected chi connectivity index (χ0v) is 16.2. The molecule has 2 aromatic heterocycles. The van der Waals surface area contributed by atoms with Crippen molar-refractivity contribution in [3.8, 4) is 17.0 Å². The highest BCUT2D eigenvalue weighted by atomic mass is 32.1. The van der Waals surface area contributed by atoms with Crippen LogP contribution < -0.4 is 10.6 Å². The quantitative estimate of drug-likeness (QED) is 0.637. The highest BCUT2D eigenvalue weighted by molar-refractivity contribution is 7.15. The van der Waals surface area contributed by atoms with E-state index >= 15 is 0 Å². The van der Waals surface area contributed by atoms with Gasteiger partial charge in [0.2, 0.25) is 5.96 Å². The number of piperidine rings is 1. The summed E-state index contributed by atoms with van der Waals surface area (Å²) in [6.07, 6.45) is 6.99. The van der Waals surface area contributed by atoms with Gasteiger partial charge in [-0.1, -0.05) is 12.1 Å². The average molecular weight is 395 g/mol. The SMILES string of the molecule is Oc1cccc(-c2nc3sccn3c2C2CC=NC(NC3CCCNC3)=N2)c1. The minimum Gasteiger partial charge on any atom is -0.508 e. The Balaban J connectivity index is 1.52. The molecule has 144 valence electrons. The van der Waals surface area contributed by atoms with Crippen LogP contribution in [0.5, 0.6) is 5.75 Å². The Morgan fingerprint density at radius 3 is 3.14 bits per heavy atom. The summed E-state index contributed by atoms with van der Waals surface area (Å²) in [7, 11) is 0. The second kappa shape index (κ2) is 7.37. The molecule has 2 aliphatic heterocycles. The molecule has 2 atom stereocenters. The van der Waals surface area contributed by atoms with Gasteiger partial charge in [-0.05, 0) is 31.5 Å². The molecule has 8 heteroatoms. The molecule has 0 amide bonds. The van der Waals surface area contributed by atoms with Crippen molar-refractivity contribution in [1.82, 2.24) is 20.0 Å². The summed E-state index contributed by atoms with van der Waals surface area (Å²) in [6.45, 7) is 2.02. The van der Waals surface area contributed by atoms with E-state index in [9.17, 15) is 5.11 Å². The van der Waals surface area contributed by atoms with Crippen molar-refractivity contribution >= 4 is 28.5 Å². The third-order valence-electron chi connectivity index (χ3n) is 5.18. The van der Waals surface area contributed by atoms with Crippen LogP contribution in [0.15, 0.2) is 45.8 Å². The largest absolute Gasteiger partial charge is 0.508 e. The molecular formula is C20H22N6OS. The molecule has 0 bridgehead atoms. The molecule has 1 saturated heterocycles. The minimum atomic E-state index is -0.0708. The van der Waals surface area contributed by atoms with Gasteiger partial charge in [0.25, 0.3) is 0 Å². The van der Waals surface area contributed by atoms with Crippen LogP contribution in [-0.4, -0.2) is 45.8 Å². The first kappa shape index (κ1) is 17.4.